The zero-order valence-electron chi connectivity index (χ0n) is 15.4. The van der Waals surface area contributed by atoms with Crippen LogP contribution in [-0.2, 0) is 11.3 Å². The van der Waals surface area contributed by atoms with Gasteiger partial charge in [0.25, 0.3) is 0 Å². The summed E-state index contributed by atoms with van der Waals surface area (Å²) in [6.07, 6.45) is 8.09. The summed E-state index contributed by atoms with van der Waals surface area (Å²) in [4.78, 5) is 29.6. The Morgan fingerprint density at radius 3 is 2.81 bits per heavy atom. The first-order valence-corrected chi connectivity index (χ1v) is 10.1. The van der Waals surface area contributed by atoms with E-state index in [4.69, 9.17) is 4.98 Å². The molecule has 0 bridgehead atoms. The number of para-hydroxylation sites is 1. The smallest absolute Gasteiger partial charge is 0.219 e. The molecule has 3 aromatic rings. The predicted molar refractivity (Wildman–Crippen MR) is 108 cm³/mol. The largest absolute Gasteiger partial charge is 0.348 e. The maximum absolute atomic E-state index is 12.3. The standard InChI is InChI=1S/C20H23N5OS/c1-15(26)25(13-16-11-21-14-22-12-16)17-5-4-9-24(10-8-17)20-23-18-6-2-3-7-19(18)27-20/h2-3,6-7,11-12,14,17H,4-5,8-10,13H2,1H3/t17-/m1/s1. The minimum absolute atomic E-state index is 0.109. The van der Waals surface area contributed by atoms with E-state index in [1.807, 2.05) is 11.0 Å². The van der Waals surface area contributed by atoms with E-state index in [1.54, 1.807) is 30.7 Å². The number of thiazole rings is 1. The molecule has 1 atom stereocenters. The molecule has 0 radical (unpaired) electrons. The number of benzene rings is 1. The average Bonchev–Trinajstić information content (AvgIpc) is 2.97. The Balaban J connectivity index is 1.47. The third-order valence-electron chi connectivity index (χ3n) is 5.06. The number of anilines is 1. The summed E-state index contributed by atoms with van der Waals surface area (Å²) in [7, 11) is 0. The van der Waals surface area contributed by atoms with E-state index >= 15 is 0 Å². The van der Waals surface area contributed by atoms with Crippen molar-refractivity contribution in [3.05, 3.63) is 48.5 Å². The third-order valence-corrected chi connectivity index (χ3v) is 6.16. The van der Waals surface area contributed by atoms with Crippen molar-refractivity contribution in [1.29, 1.82) is 0 Å². The number of hydrogen-bond donors (Lipinski definition) is 0. The highest BCUT2D eigenvalue weighted by atomic mass is 32.1. The third kappa shape index (κ3) is 4.08. The van der Waals surface area contributed by atoms with Gasteiger partial charge in [0.05, 0.1) is 10.2 Å². The maximum Gasteiger partial charge on any atom is 0.219 e. The minimum atomic E-state index is 0.109. The molecular formula is C20H23N5OS. The average molecular weight is 382 g/mol. The highest BCUT2D eigenvalue weighted by Gasteiger charge is 2.26. The van der Waals surface area contributed by atoms with Gasteiger partial charge >= 0.3 is 0 Å². The zero-order chi connectivity index (χ0) is 18.6. The molecule has 4 rings (SSSR count). The van der Waals surface area contributed by atoms with Crippen LogP contribution in [0.25, 0.3) is 10.2 Å². The van der Waals surface area contributed by atoms with Crippen molar-refractivity contribution in [2.45, 2.75) is 38.8 Å². The lowest BCUT2D eigenvalue weighted by molar-refractivity contribution is -0.132. The molecule has 2 aromatic heterocycles. The monoisotopic (exact) mass is 381 g/mol. The Morgan fingerprint density at radius 2 is 2.04 bits per heavy atom. The SMILES string of the molecule is CC(=O)N(Cc1cncnc1)[C@@H]1CCCN(c2nc3ccccc3s2)CC1. The number of carbonyl (C=O) groups excluding carboxylic acids is 1. The number of hydrogen-bond acceptors (Lipinski definition) is 6. The van der Waals surface area contributed by atoms with Gasteiger partial charge in [-0.2, -0.15) is 0 Å². The topological polar surface area (TPSA) is 62.2 Å². The van der Waals surface area contributed by atoms with Crippen LogP contribution >= 0.6 is 11.3 Å². The van der Waals surface area contributed by atoms with Crippen LogP contribution < -0.4 is 4.90 Å². The molecule has 0 unspecified atom stereocenters. The molecule has 1 fully saturated rings. The summed E-state index contributed by atoms with van der Waals surface area (Å²) in [6, 6.07) is 8.51. The Kier molecular flexibility index (Phi) is 5.29. The van der Waals surface area contributed by atoms with E-state index in [0.29, 0.717) is 6.54 Å². The van der Waals surface area contributed by atoms with Crippen LogP contribution in [0, 0.1) is 0 Å². The number of aromatic nitrogens is 3. The summed E-state index contributed by atoms with van der Waals surface area (Å²) in [5.74, 6) is 0.109. The van der Waals surface area contributed by atoms with Gasteiger partial charge in [0, 0.05) is 50.6 Å². The molecule has 0 spiro atoms. The maximum atomic E-state index is 12.3. The first-order chi connectivity index (χ1) is 13.2. The second-order valence-electron chi connectivity index (χ2n) is 6.93. The van der Waals surface area contributed by atoms with Crippen LogP contribution in [0.15, 0.2) is 43.0 Å². The van der Waals surface area contributed by atoms with Crippen LogP contribution in [0.3, 0.4) is 0 Å². The van der Waals surface area contributed by atoms with E-state index in [9.17, 15) is 4.79 Å². The molecule has 1 saturated heterocycles. The molecule has 6 nitrogen and oxygen atoms in total. The van der Waals surface area contributed by atoms with Crippen LogP contribution in [0.5, 0.6) is 0 Å². The molecule has 3 heterocycles. The second kappa shape index (κ2) is 8.00. The molecule has 1 aliphatic heterocycles. The molecule has 1 aliphatic rings. The Bertz CT molecular complexity index is 880. The van der Waals surface area contributed by atoms with Crippen molar-refractivity contribution >= 4 is 32.6 Å². The van der Waals surface area contributed by atoms with Gasteiger partial charge in [-0.3, -0.25) is 4.79 Å². The molecule has 27 heavy (non-hydrogen) atoms. The summed E-state index contributed by atoms with van der Waals surface area (Å²) < 4.78 is 1.22. The number of carbonyl (C=O) groups is 1. The van der Waals surface area contributed by atoms with Crippen LogP contribution in [0.4, 0.5) is 5.13 Å². The molecule has 7 heteroatoms. The summed E-state index contributed by atoms with van der Waals surface area (Å²) in [6.45, 7) is 4.12. The Morgan fingerprint density at radius 1 is 1.22 bits per heavy atom. The summed E-state index contributed by atoms with van der Waals surface area (Å²) in [5, 5.41) is 1.09. The van der Waals surface area contributed by atoms with Gasteiger partial charge in [-0.25, -0.2) is 15.0 Å². The van der Waals surface area contributed by atoms with Gasteiger partial charge in [-0.15, -0.1) is 0 Å². The van der Waals surface area contributed by atoms with Gasteiger partial charge in [0.1, 0.15) is 6.33 Å². The van der Waals surface area contributed by atoms with Gasteiger partial charge in [0.15, 0.2) is 5.13 Å². The van der Waals surface area contributed by atoms with E-state index < -0.39 is 0 Å². The van der Waals surface area contributed by atoms with Crippen molar-refractivity contribution in [2.75, 3.05) is 18.0 Å². The lowest BCUT2D eigenvalue weighted by atomic mass is 10.1. The lowest BCUT2D eigenvalue weighted by Crippen LogP contribution is -2.39. The van der Waals surface area contributed by atoms with Gasteiger partial charge in [-0.1, -0.05) is 23.5 Å². The summed E-state index contributed by atoms with van der Waals surface area (Å²) >= 11 is 1.75. The molecule has 0 saturated carbocycles. The van der Waals surface area contributed by atoms with Gasteiger partial charge < -0.3 is 9.80 Å². The Hall–Kier alpha value is -2.54. The quantitative estimate of drug-likeness (QED) is 0.692. The number of nitrogens with zero attached hydrogens (tertiary/aromatic N) is 5. The van der Waals surface area contributed by atoms with Crippen molar-refractivity contribution in [1.82, 2.24) is 19.9 Å². The fraction of sp³-hybridized carbons (Fsp3) is 0.400. The van der Waals surface area contributed by atoms with Gasteiger partial charge in [-0.05, 0) is 31.4 Å². The predicted octanol–water partition coefficient (Wildman–Crippen LogP) is 3.49. The second-order valence-corrected chi connectivity index (χ2v) is 7.94. The first kappa shape index (κ1) is 17.9. The highest BCUT2D eigenvalue weighted by Crippen LogP contribution is 2.30. The Labute approximate surface area is 162 Å². The van der Waals surface area contributed by atoms with E-state index in [0.717, 1.165) is 48.6 Å². The molecular weight excluding hydrogens is 358 g/mol. The fourth-order valence-corrected chi connectivity index (χ4v) is 4.70. The van der Waals surface area contributed by atoms with Crippen molar-refractivity contribution in [3.63, 3.8) is 0 Å². The molecule has 0 aliphatic carbocycles. The van der Waals surface area contributed by atoms with E-state index in [-0.39, 0.29) is 11.9 Å². The zero-order valence-corrected chi connectivity index (χ0v) is 16.2. The van der Waals surface area contributed by atoms with Crippen LogP contribution in [0.2, 0.25) is 0 Å². The first-order valence-electron chi connectivity index (χ1n) is 9.32. The highest BCUT2D eigenvalue weighted by molar-refractivity contribution is 7.22. The number of amides is 1. The number of rotatable bonds is 4. The lowest BCUT2D eigenvalue weighted by Gasteiger charge is -2.30. The van der Waals surface area contributed by atoms with Crippen LogP contribution in [0.1, 0.15) is 31.7 Å². The molecule has 140 valence electrons. The van der Waals surface area contributed by atoms with Crippen molar-refractivity contribution < 1.29 is 4.79 Å². The van der Waals surface area contributed by atoms with Crippen molar-refractivity contribution in [2.24, 2.45) is 0 Å². The molecule has 1 aromatic carbocycles. The molecule has 0 N–H and O–H groups in total. The minimum Gasteiger partial charge on any atom is -0.348 e. The fourth-order valence-electron chi connectivity index (χ4n) is 3.68. The van der Waals surface area contributed by atoms with E-state index in [2.05, 4.69) is 33.1 Å². The van der Waals surface area contributed by atoms with Crippen LogP contribution in [-0.4, -0.2) is 44.9 Å². The summed E-state index contributed by atoms with van der Waals surface area (Å²) in [5.41, 5.74) is 2.03. The molecule has 1 amide bonds. The van der Waals surface area contributed by atoms with Crippen molar-refractivity contribution in [3.8, 4) is 0 Å². The van der Waals surface area contributed by atoms with Gasteiger partial charge in [0.2, 0.25) is 5.91 Å². The normalized spacial score (nSPS) is 17.7. The van der Waals surface area contributed by atoms with E-state index in [1.165, 1.54) is 11.0 Å². The number of fused-ring (bicyclic) bond motifs is 1.